The Morgan fingerprint density at radius 1 is 1.47 bits per heavy atom. The summed E-state index contributed by atoms with van der Waals surface area (Å²) in [5.41, 5.74) is 1.29. The smallest absolute Gasteiger partial charge is 0.320 e. The second kappa shape index (κ2) is 5.61. The third-order valence-corrected chi connectivity index (χ3v) is 3.87. The van der Waals surface area contributed by atoms with Gasteiger partial charge in [0.15, 0.2) is 0 Å². The molecule has 6 nitrogen and oxygen atoms in total. The summed E-state index contributed by atoms with van der Waals surface area (Å²) in [5, 5.41) is 9.12. The molecule has 1 saturated heterocycles. The summed E-state index contributed by atoms with van der Waals surface area (Å²) in [6, 6.07) is -0.498. The highest BCUT2D eigenvalue weighted by Crippen LogP contribution is 2.21. The molecule has 2 atom stereocenters. The van der Waals surface area contributed by atoms with Crippen molar-refractivity contribution in [1.82, 2.24) is 9.80 Å². The van der Waals surface area contributed by atoms with E-state index >= 15 is 0 Å². The molecule has 0 radical (unpaired) electrons. The molecule has 2 rings (SSSR count). The lowest BCUT2D eigenvalue weighted by Crippen LogP contribution is -2.50. The van der Waals surface area contributed by atoms with Gasteiger partial charge in [0.1, 0.15) is 5.92 Å². The molecular weight excluding hydrogens is 248 g/mol. The molecule has 0 bridgehead atoms. The van der Waals surface area contributed by atoms with Gasteiger partial charge in [-0.05, 0) is 13.3 Å². The van der Waals surface area contributed by atoms with E-state index in [1.807, 2.05) is 6.08 Å². The summed E-state index contributed by atoms with van der Waals surface area (Å²) in [5.74, 6) is -1.53. The minimum atomic E-state index is -0.906. The standard InChI is InChI=1S/C13H20N2O4/c1-9-3-5-15(6-4-9)13(18)14(2)11-8-19-7-10(11)12(16)17/h3,10-11H,4-8H2,1-2H3,(H,16,17). The Bertz CT molecular complexity index is 407. The molecule has 1 N–H and O–H groups in total. The number of nitrogens with zero attached hydrogens (tertiary/aromatic N) is 2. The van der Waals surface area contributed by atoms with E-state index in [-0.39, 0.29) is 18.7 Å². The first-order chi connectivity index (χ1) is 9.00. The molecular formula is C13H20N2O4. The average molecular weight is 268 g/mol. The summed E-state index contributed by atoms with van der Waals surface area (Å²) in [4.78, 5) is 26.7. The number of urea groups is 1. The van der Waals surface area contributed by atoms with Gasteiger partial charge in [0.25, 0.3) is 0 Å². The quantitative estimate of drug-likeness (QED) is 0.752. The number of hydrogen-bond donors (Lipinski definition) is 1. The SMILES string of the molecule is CC1=CCN(C(=O)N(C)C2COCC2C(=O)O)CC1. The normalized spacial score (nSPS) is 27.1. The van der Waals surface area contributed by atoms with Gasteiger partial charge in [0, 0.05) is 20.1 Å². The van der Waals surface area contributed by atoms with Crippen LogP contribution < -0.4 is 0 Å². The molecule has 0 spiro atoms. The van der Waals surface area contributed by atoms with Crippen molar-refractivity contribution in [3.63, 3.8) is 0 Å². The molecule has 2 amide bonds. The number of aliphatic carboxylic acids is 1. The third-order valence-electron chi connectivity index (χ3n) is 3.87. The van der Waals surface area contributed by atoms with Crippen molar-refractivity contribution < 1.29 is 19.4 Å². The van der Waals surface area contributed by atoms with Gasteiger partial charge in [-0.25, -0.2) is 4.79 Å². The average Bonchev–Trinajstić information content (AvgIpc) is 2.87. The summed E-state index contributed by atoms with van der Waals surface area (Å²) >= 11 is 0. The number of carbonyl (C=O) groups is 2. The van der Waals surface area contributed by atoms with Gasteiger partial charge in [-0.2, -0.15) is 0 Å². The lowest BCUT2D eigenvalue weighted by Gasteiger charge is -2.33. The Balaban J connectivity index is 2.01. The zero-order valence-electron chi connectivity index (χ0n) is 11.3. The van der Waals surface area contributed by atoms with E-state index in [1.54, 1.807) is 11.9 Å². The van der Waals surface area contributed by atoms with Crippen LogP contribution >= 0.6 is 0 Å². The molecule has 0 aromatic rings. The maximum atomic E-state index is 12.3. The molecule has 106 valence electrons. The summed E-state index contributed by atoms with van der Waals surface area (Å²) in [7, 11) is 1.66. The molecule has 0 aromatic carbocycles. The second-order valence-corrected chi connectivity index (χ2v) is 5.19. The fraction of sp³-hybridized carbons (Fsp3) is 0.692. The molecule has 2 heterocycles. The van der Waals surface area contributed by atoms with Gasteiger partial charge >= 0.3 is 12.0 Å². The Morgan fingerprint density at radius 3 is 2.79 bits per heavy atom. The van der Waals surface area contributed by atoms with Crippen molar-refractivity contribution in [2.24, 2.45) is 5.92 Å². The van der Waals surface area contributed by atoms with Crippen molar-refractivity contribution in [2.45, 2.75) is 19.4 Å². The van der Waals surface area contributed by atoms with Crippen LogP contribution in [0.2, 0.25) is 0 Å². The van der Waals surface area contributed by atoms with E-state index < -0.39 is 11.9 Å². The highest BCUT2D eigenvalue weighted by atomic mass is 16.5. The van der Waals surface area contributed by atoms with Crippen LogP contribution in [0.1, 0.15) is 13.3 Å². The van der Waals surface area contributed by atoms with Gasteiger partial charge in [-0.1, -0.05) is 11.6 Å². The van der Waals surface area contributed by atoms with E-state index in [0.717, 1.165) is 6.42 Å². The van der Waals surface area contributed by atoms with Crippen LogP contribution in [-0.4, -0.2) is 66.3 Å². The number of rotatable bonds is 2. The molecule has 2 aliphatic rings. The predicted octanol–water partition coefficient (Wildman–Crippen LogP) is 0.790. The zero-order chi connectivity index (χ0) is 14.0. The van der Waals surface area contributed by atoms with Crippen molar-refractivity contribution in [3.05, 3.63) is 11.6 Å². The van der Waals surface area contributed by atoms with Gasteiger partial charge in [0.2, 0.25) is 0 Å². The second-order valence-electron chi connectivity index (χ2n) is 5.19. The maximum absolute atomic E-state index is 12.3. The monoisotopic (exact) mass is 268 g/mol. The predicted molar refractivity (Wildman–Crippen MR) is 68.8 cm³/mol. The number of carboxylic acids is 1. The van der Waals surface area contributed by atoms with Crippen LogP contribution in [0.4, 0.5) is 4.79 Å². The fourth-order valence-electron chi connectivity index (χ4n) is 2.47. The van der Waals surface area contributed by atoms with Crippen LogP contribution in [0, 0.1) is 5.92 Å². The molecule has 2 aliphatic heterocycles. The zero-order valence-corrected chi connectivity index (χ0v) is 11.3. The van der Waals surface area contributed by atoms with Crippen LogP contribution in [0.5, 0.6) is 0 Å². The highest BCUT2D eigenvalue weighted by Gasteiger charge is 2.39. The van der Waals surface area contributed by atoms with E-state index in [9.17, 15) is 9.59 Å². The van der Waals surface area contributed by atoms with Crippen molar-refractivity contribution in [3.8, 4) is 0 Å². The van der Waals surface area contributed by atoms with Crippen LogP contribution in [-0.2, 0) is 9.53 Å². The van der Waals surface area contributed by atoms with E-state index in [1.165, 1.54) is 10.5 Å². The number of hydrogen-bond acceptors (Lipinski definition) is 3. The number of amides is 2. The van der Waals surface area contributed by atoms with E-state index in [2.05, 4.69) is 6.92 Å². The number of likely N-dealkylation sites (N-methyl/N-ethyl adjacent to an activating group) is 1. The number of carboxylic acid groups (broad SMARTS) is 1. The first kappa shape index (κ1) is 13.9. The van der Waals surface area contributed by atoms with Gasteiger partial charge in [-0.15, -0.1) is 0 Å². The van der Waals surface area contributed by atoms with Crippen molar-refractivity contribution >= 4 is 12.0 Å². The maximum Gasteiger partial charge on any atom is 0.320 e. The van der Waals surface area contributed by atoms with Crippen LogP contribution in [0.15, 0.2) is 11.6 Å². The summed E-state index contributed by atoms with van der Waals surface area (Å²) in [6.45, 7) is 3.81. The van der Waals surface area contributed by atoms with Crippen LogP contribution in [0.3, 0.4) is 0 Å². The first-order valence-electron chi connectivity index (χ1n) is 6.48. The van der Waals surface area contributed by atoms with Crippen LogP contribution in [0.25, 0.3) is 0 Å². The van der Waals surface area contributed by atoms with Gasteiger partial charge in [0.05, 0.1) is 19.3 Å². The molecule has 19 heavy (non-hydrogen) atoms. The third kappa shape index (κ3) is 2.89. The van der Waals surface area contributed by atoms with Crippen molar-refractivity contribution in [1.29, 1.82) is 0 Å². The van der Waals surface area contributed by atoms with E-state index in [0.29, 0.717) is 19.7 Å². The molecule has 0 aromatic heterocycles. The topological polar surface area (TPSA) is 70.1 Å². The first-order valence-corrected chi connectivity index (χ1v) is 6.48. The number of carbonyl (C=O) groups excluding carboxylic acids is 1. The minimum absolute atomic E-state index is 0.120. The Hall–Kier alpha value is -1.56. The molecule has 6 heteroatoms. The fourth-order valence-corrected chi connectivity index (χ4v) is 2.47. The lowest BCUT2D eigenvalue weighted by atomic mass is 10.0. The summed E-state index contributed by atoms with van der Waals surface area (Å²) < 4.78 is 5.20. The summed E-state index contributed by atoms with van der Waals surface area (Å²) in [6.07, 6.45) is 2.91. The van der Waals surface area contributed by atoms with E-state index in [4.69, 9.17) is 9.84 Å². The molecule has 0 saturated carbocycles. The Labute approximate surface area is 112 Å². The molecule has 1 fully saturated rings. The highest BCUT2D eigenvalue weighted by molar-refractivity contribution is 5.77. The van der Waals surface area contributed by atoms with Gasteiger partial charge < -0.3 is 19.6 Å². The Morgan fingerprint density at radius 2 is 2.21 bits per heavy atom. The molecule has 0 aliphatic carbocycles. The van der Waals surface area contributed by atoms with Crippen molar-refractivity contribution in [2.75, 3.05) is 33.4 Å². The minimum Gasteiger partial charge on any atom is -0.481 e. The Kier molecular flexibility index (Phi) is 4.09. The van der Waals surface area contributed by atoms with Gasteiger partial charge in [-0.3, -0.25) is 4.79 Å². The lowest BCUT2D eigenvalue weighted by molar-refractivity contribution is -0.142. The molecule has 2 unspecified atom stereocenters. The number of ether oxygens (including phenoxy) is 1. The largest absolute Gasteiger partial charge is 0.481 e.